The molecule has 2 aliphatic heterocycles. The molecule has 0 bridgehead atoms. The highest BCUT2D eigenvalue weighted by atomic mass is 32.1. The van der Waals surface area contributed by atoms with Crippen LogP contribution >= 0.6 is 11.3 Å². The lowest BCUT2D eigenvalue weighted by atomic mass is 9.71. The van der Waals surface area contributed by atoms with Crippen LogP contribution in [-0.4, -0.2) is 66.6 Å². The molecule has 3 heterocycles. The first kappa shape index (κ1) is 33.1. The lowest BCUT2D eigenvalue weighted by Crippen LogP contribution is -2.65. The molecule has 1 spiro atoms. The van der Waals surface area contributed by atoms with Gasteiger partial charge in [-0.2, -0.15) is 13.2 Å². The smallest absolute Gasteiger partial charge is 0.376 e. The molecule has 2 saturated heterocycles. The zero-order valence-corrected chi connectivity index (χ0v) is 26.5. The molecule has 1 aromatic heterocycles. The number of benzene rings is 2. The van der Waals surface area contributed by atoms with E-state index in [4.69, 9.17) is 10.5 Å². The highest BCUT2D eigenvalue weighted by molar-refractivity contribution is 7.17. The zero-order chi connectivity index (χ0) is 34.2. The first-order valence-corrected chi connectivity index (χ1v) is 16.7. The summed E-state index contributed by atoms with van der Waals surface area (Å²) in [5.41, 5.74) is 5.73. The summed E-state index contributed by atoms with van der Waals surface area (Å²) in [6.07, 6.45) is -5.30. The van der Waals surface area contributed by atoms with Crippen LogP contribution in [-0.2, 0) is 16.1 Å². The topological polar surface area (TPSA) is 88.8 Å². The van der Waals surface area contributed by atoms with E-state index in [1.165, 1.54) is 10.4 Å². The molecule has 4 fully saturated rings. The van der Waals surface area contributed by atoms with Gasteiger partial charge in [-0.3, -0.25) is 9.59 Å². The number of nitrogens with zero attached hydrogens (tertiary/aromatic N) is 3. The van der Waals surface area contributed by atoms with Crippen LogP contribution in [0, 0.1) is 28.4 Å². The van der Waals surface area contributed by atoms with Crippen molar-refractivity contribution in [3.63, 3.8) is 0 Å². The monoisotopic (exact) mass is 698 g/mol. The molecule has 7 rings (SSSR count). The van der Waals surface area contributed by atoms with Crippen LogP contribution < -0.4 is 10.6 Å². The number of aromatic nitrogens is 1. The number of likely N-dealkylation sites (tertiary alicyclic amines) is 1. The summed E-state index contributed by atoms with van der Waals surface area (Å²) in [4.78, 5) is 32.7. The van der Waals surface area contributed by atoms with Gasteiger partial charge >= 0.3 is 6.18 Å². The average molecular weight is 699 g/mol. The summed E-state index contributed by atoms with van der Waals surface area (Å²) < 4.78 is 105. The number of ether oxygens (including phenoxy) is 1. The van der Waals surface area contributed by atoms with E-state index in [1.807, 2.05) is 4.90 Å². The maximum atomic E-state index is 14.6. The third-order valence-electron chi connectivity index (χ3n) is 10.8. The minimum Gasteiger partial charge on any atom is -0.376 e. The molecular weight excluding hydrogens is 665 g/mol. The molecule has 48 heavy (non-hydrogen) atoms. The second-order valence-corrected chi connectivity index (χ2v) is 14.6. The van der Waals surface area contributed by atoms with E-state index >= 15 is 0 Å². The normalized spacial score (nSPS) is 23.1. The Kier molecular flexibility index (Phi) is 7.96. The second-order valence-electron chi connectivity index (χ2n) is 13.8. The Morgan fingerprint density at radius 1 is 1.06 bits per heavy atom. The summed E-state index contributed by atoms with van der Waals surface area (Å²) in [5, 5.41) is 0. The summed E-state index contributed by atoms with van der Waals surface area (Å²) in [6.45, 7) is 0.651. The molecule has 0 radical (unpaired) electrons. The van der Waals surface area contributed by atoms with Crippen molar-refractivity contribution in [3.05, 3.63) is 58.1 Å². The van der Waals surface area contributed by atoms with Crippen molar-refractivity contribution < 1.29 is 45.1 Å². The van der Waals surface area contributed by atoms with Gasteiger partial charge in [-0.1, -0.05) is 18.2 Å². The molecule has 1 atom stereocenters. The minimum absolute atomic E-state index is 0.0397. The van der Waals surface area contributed by atoms with Gasteiger partial charge in [0, 0.05) is 62.0 Å². The number of rotatable bonds is 8. The Bertz CT molecular complexity index is 1760. The highest BCUT2D eigenvalue weighted by Crippen LogP contribution is 2.60. The minimum atomic E-state index is -4.65. The quantitative estimate of drug-likeness (QED) is 0.262. The molecule has 2 N–H and O–H groups in total. The number of hydrogen-bond acceptors (Lipinski definition) is 6. The van der Waals surface area contributed by atoms with Gasteiger partial charge in [-0.25, -0.2) is 22.5 Å². The largest absolute Gasteiger partial charge is 0.403 e. The van der Waals surface area contributed by atoms with Gasteiger partial charge < -0.3 is 20.3 Å². The molecule has 3 aromatic rings. The number of alkyl halides is 5. The molecule has 2 aromatic carbocycles. The molecular formula is C33H33F7N4O3S. The molecule has 2 saturated carbocycles. The van der Waals surface area contributed by atoms with Crippen molar-refractivity contribution in [1.82, 2.24) is 9.88 Å². The number of amides is 2. The van der Waals surface area contributed by atoms with E-state index in [-0.39, 0.29) is 101 Å². The average Bonchev–Trinajstić information content (AvgIpc) is 3.55. The van der Waals surface area contributed by atoms with Gasteiger partial charge in [0.05, 0.1) is 29.1 Å². The number of halogens is 7. The van der Waals surface area contributed by atoms with E-state index in [2.05, 4.69) is 4.98 Å². The number of fused-ring (bicyclic) bond motifs is 1. The van der Waals surface area contributed by atoms with E-state index in [0.717, 1.165) is 17.4 Å². The van der Waals surface area contributed by atoms with E-state index in [1.54, 1.807) is 18.2 Å². The predicted molar refractivity (Wildman–Crippen MR) is 163 cm³/mol. The van der Waals surface area contributed by atoms with Crippen molar-refractivity contribution in [3.8, 4) is 0 Å². The lowest BCUT2D eigenvalue weighted by Gasteiger charge is -2.52. The standard InChI is InChI=1S/C33H33F7N4O3S/c34-22-10-23(27-26(25(22)35)42-17-48-27)43-11-20(30(14-43)15-44(16-30)29(46)31(8-9-31)33(38,39)40)13-47-12-19-2-1-3-21(24(19)28(41)45)18-4-6-32(36,37)7-5-18/h1-3,10,17-18,20H,4-9,11-16H2,(H2,41,45). The number of carbonyl (C=O) groups excluding carboxylic acids is 2. The van der Waals surface area contributed by atoms with Crippen LogP contribution in [0.2, 0.25) is 0 Å². The van der Waals surface area contributed by atoms with Crippen molar-refractivity contribution in [1.29, 1.82) is 0 Å². The van der Waals surface area contributed by atoms with Crippen molar-refractivity contribution in [2.45, 2.75) is 63.1 Å². The molecule has 2 amide bonds. The van der Waals surface area contributed by atoms with Crippen LogP contribution in [0.3, 0.4) is 0 Å². The fourth-order valence-corrected chi connectivity index (χ4v) is 8.76. The Morgan fingerprint density at radius 2 is 1.77 bits per heavy atom. The highest BCUT2D eigenvalue weighted by Gasteiger charge is 2.71. The third kappa shape index (κ3) is 5.50. The SMILES string of the molecule is NC(=O)c1c(COCC2CN(c3cc(F)c(F)c4ncsc34)CC23CN(C(=O)C2(C(F)(F)F)CC2)C3)cccc1C1CCC(F)(F)CC1. The van der Waals surface area contributed by atoms with Crippen LogP contribution in [0.4, 0.5) is 36.4 Å². The summed E-state index contributed by atoms with van der Waals surface area (Å²) in [7, 11) is 0. The second kappa shape index (κ2) is 11.6. The van der Waals surface area contributed by atoms with Crippen molar-refractivity contribution in [2.75, 3.05) is 37.7 Å². The molecule has 15 heteroatoms. The Labute approximate surface area is 275 Å². The maximum absolute atomic E-state index is 14.6. The van der Waals surface area contributed by atoms with Crippen molar-refractivity contribution in [2.24, 2.45) is 22.5 Å². The van der Waals surface area contributed by atoms with Crippen LogP contribution in [0.5, 0.6) is 0 Å². The fraction of sp³-hybridized carbons (Fsp3) is 0.545. The van der Waals surface area contributed by atoms with Gasteiger partial charge in [0.15, 0.2) is 11.6 Å². The number of hydrogen-bond donors (Lipinski definition) is 1. The van der Waals surface area contributed by atoms with Gasteiger partial charge in [0.1, 0.15) is 10.9 Å². The number of anilines is 1. The molecule has 2 aliphatic carbocycles. The van der Waals surface area contributed by atoms with Gasteiger partial charge in [0.25, 0.3) is 0 Å². The summed E-state index contributed by atoms with van der Waals surface area (Å²) >= 11 is 1.14. The summed E-state index contributed by atoms with van der Waals surface area (Å²) in [5.74, 6) is -7.13. The van der Waals surface area contributed by atoms with E-state index in [0.29, 0.717) is 21.5 Å². The Hall–Kier alpha value is -3.46. The van der Waals surface area contributed by atoms with E-state index in [9.17, 15) is 40.3 Å². The predicted octanol–water partition coefficient (Wildman–Crippen LogP) is 6.79. The molecule has 7 nitrogen and oxygen atoms in total. The molecule has 258 valence electrons. The Morgan fingerprint density at radius 3 is 2.42 bits per heavy atom. The first-order chi connectivity index (χ1) is 22.6. The first-order valence-electron chi connectivity index (χ1n) is 15.8. The van der Waals surface area contributed by atoms with E-state index < -0.39 is 46.4 Å². The lowest BCUT2D eigenvalue weighted by molar-refractivity contribution is -0.205. The molecule has 1 unspecified atom stereocenters. The van der Waals surface area contributed by atoms with Gasteiger partial charge in [-0.05, 0) is 42.7 Å². The number of carbonyl (C=O) groups is 2. The summed E-state index contributed by atoms with van der Waals surface area (Å²) in [6, 6.07) is 6.20. The fourth-order valence-electron chi connectivity index (χ4n) is 7.93. The van der Waals surface area contributed by atoms with Gasteiger partial charge in [-0.15, -0.1) is 11.3 Å². The van der Waals surface area contributed by atoms with Crippen LogP contribution in [0.1, 0.15) is 65.9 Å². The Balaban J connectivity index is 1.12. The van der Waals surface area contributed by atoms with Crippen LogP contribution in [0.15, 0.2) is 29.8 Å². The van der Waals surface area contributed by atoms with Crippen LogP contribution in [0.25, 0.3) is 10.2 Å². The molecule has 4 aliphatic rings. The van der Waals surface area contributed by atoms with Gasteiger partial charge in [0.2, 0.25) is 17.7 Å². The number of thiazole rings is 1. The third-order valence-corrected chi connectivity index (χ3v) is 11.6. The number of primary amides is 1. The van der Waals surface area contributed by atoms with Crippen molar-refractivity contribution >= 4 is 39.1 Å². The maximum Gasteiger partial charge on any atom is 0.403 e. The number of nitrogens with two attached hydrogens (primary N) is 1. The zero-order valence-electron chi connectivity index (χ0n) is 25.7.